The molecule has 0 aromatic heterocycles. The highest BCUT2D eigenvalue weighted by atomic mass is 19.1. The van der Waals surface area contributed by atoms with Crippen LogP contribution in [-0.4, -0.2) is 6.67 Å². The fraction of sp³-hybridized carbons (Fsp3) is 0.714. The van der Waals surface area contributed by atoms with Crippen LogP contribution in [0, 0.1) is 5.92 Å². The Bertz CT molecular complexity index is 64.8. The fourth-order valence-electron chi connectivity index (χ4n) is 0.431. The molecule has 48 valence electrons. The van der Waals surface area contributed by atoms with Crippen LogP contribution < -0.4 is 0 Å². The van der Waals surface area contributed by atoms with Gasteiger partial charge in [0.05, 0.1) is 0 Å². The molecule has 0 nitrogen and oxygen atoms in total. The highest BCUT2D eigenvalue weighted by Gasteiger charge is 1.85. The summed E-state index contributed by atoms with van der Waals surface area (Å²) in [6.07, 6.45) is 4.43. The summed E-state index contributed by atoms with van der Waals surface area (Å²) in [5.41, 5.74) is 0. The van der Waals surface area contributed by atoms with Gasteiger partial charge in [-0.1, -0.05) is 26.0 Å². The number of rotatable bonds is 3. The average molecular weight is 116 g/mol. The van der Waals surface area contributed by atoms with Crippen molar-refractivity contribution in [3.05, 3.63) is 12.2 Å². The Morgan fingerprint density at radius 3 is 2.38 bits per heavy atom. The van der Waals surface area contributed by atoms with Crippen molar-refractivity contribution < 1.29 is 4.39 Å². The Balaban J connectivity index is 3.03. The second-order valence-corrected chi connectivity index (χ2v) is 2.26. The van der Waals surface area contributed by atoms with Crippen molar-refractivity contribution in [3.8, 4) is 0 Å². The number of allylic oxidation sites excluding steroid dienone is 2. The van der Waals surface area contributed by atoms with Gasteiger partial charge in [0.2, 0.25) is 0 Å². The summed E-state index contributed by atoms with van der Waals surface area (Å²) in [5.74, 6) is 0.651. The first-order valence-electron chi connectivity index (χ1n) is 2.98. The lowest BCUT2D eigenvalue weighted by Gasteiger charge is -1.94. The van der Waals surface area contributed by atoms with Gasteiger partial charge in [0.25, 0.3) is 0 Å². The maximum Gasteiger partial charge on any atom is 0.108 e. The van der Waals surface area contributed by atoms with Crippen molar-refractivity contribution in [2.75, 3.05) is 6.67 Å². The summed E-state index contributed by atoms with van der Waals surface area (Å²) >= 11 is 0. The Hall–Kier alpha value is -0.330. The fourth-order valence-corrected chi connectivity index (χ4v) is 0.431. The highest BCUT2D eigenvalue weighted by molar-refractivity contribution is 4.81. The molecule has 0 N–H and O–H groups in total. The van der Waals surface area contributed by atoms with Crippen LogP contribution in [0.25, 0.3) is 0 Å². The number of hydrogen-bond acceptors (Lipinski definition) is 0. The van der Waals surface area contributed by atoms with Gasteiger partial charge in [0.15, 0.2) is 0 Å². The summed E-state index contributed by atoms with van der Waals surface area (Å²) in [4.78, 5) is 0. The molecule has 0 saturated heterocycles. The lowest BCUT2D eigenvalue weighted by atomic mass is 10.1. The van der Waals surface area contributed by atoms with E-state index in [0.717, 1.165) is 6.42 Å². The van der Waals surface area contributed by atoms with Crippen LogP contribution in [0.1, 0.15) is 20.3 Å². The maximum absolute atomic E-state index is 11.4. The molecule has 0 fully saturated rings. The minimum atomic E-state index is -0.327. The Morgan fingerprint density at radius 2 is 2.00 bits per heavy atom. The molecule has 0 heterocycles. The zero-order valence-electron chi connectivity index (χ0n) is 5.52. The van der Waals surface area contributed by atoms with Gasteiger partial charge < -0.3 is 0 Å². The quantitative estimate of drug-likeness (QED) is 0.497. The predicted octanol–water partition coefficient (Wildman–Crippen LogP) is 2.56. The van der Waals surface area contributed by atoms with Crippen LogP contribution in [0.2, 0.25) is 0 Å². The second kappa shape index (κ2) is 4.82. The first-order valence-corrected chi connectivity index (χ1v) is 2.98. The topological polar surface area (TPSA) is 0 Å². The zero-order chi connectivity index (χ0) is 6.41. The molecule has 0 unspecified atom stereocenters. The van der Waals surface area contributed by atoms with Gasteiger partial charge in [0.1, 0.15) is 6.67 Å². The van der Waals surface area contributed by atoms with Crippen LogP contribution in [0.15, 0.2) is 12.2 Å². The van der Waals surface area contributed by atoms with E-state index in [1.807, 2.05) is 6.08 Å². The largest absolute Gasteiger partial charge is 0.247 e. The monoisotopic (exact) mass is 116 g/mol. The summed E-state index contributed by atoms with van der Waals surface area (Å²) in [7, 11) is 0. The van der Waals surface area contributed by atoms with Crippen LogP contribution in [0.5, 0.6) is 0 Å². The summed E-state index contributed by atoms with van der Waals surface area (Å²) < 4.78 is 11.4. The molecule has 0 atom stereocenters. The third kappa shape index (κ3) is 5.67. The number of hydrogen-bond donors (Lipinski definition) is 0. The van der Waals surface area contributed by atoms with Crippen LogP contribution in [0.3, 0.4) is 0 Å². The van der Waals surface area contributed by atoms with Crippen molar-refractivity contribution in [3.63, 3.8) is 0 Å². The van der Waals surface area contributed by atoms with Gasteiger partial charge in [-0.05, 0) is 12.3 Å². The summed E-state index contributed by atoms with van der Waals surface area (Å²) in [6.45, 7) is 3.90. The van der Waals surface area contributed by atoms with E-state index in [9.17, 15) is 4.39 Å². The van der Waals surface area contributed by atoms with Gasteiger partial charge in [-0.25, -0.2) is 4.39 Å². The van der Waals surface area contributed by atoms with Gasteiger partial charge in [-0.15, -0.1) is 0 Å². The molecule has 1 heteroatoms. The molecule has 0 spiro atoms. The lowest BCUT2D eigenvalue weighted by Crippen LogP contribution is -1.80. The summed E-state index contributed by atoms with van der Waals surface area (Å²) in [6, 6.07) is 0. The molecule has 0 aromatic carbocycles. The Morgan fingerprint density at radius 1 is 1.38 bits per heavy atom. The molecule has 0 aromatic rings. The number of halogens is 1. The first kappa shape index (κ1) is 7.67. The van der Waals surface area contributed by atoms with Gasteiger partial charge in [0, 0.05) is 0 Å². The summed E-state index contributed by atoms with van der Waals surface area (Å²) in [5, 5.41) is 0. The van der Waals surface area contributed by atoms with E-state index < -0.39 is 0 Å². The van der Waals surface area contributed by atoms with Gasteiger partial charge in [-0.2, -0.15) is 0 Å². The smallest absolute Gasteiger partial charge is 0.108 e. The molecule has 0 aliphatic heterocycles. The van der Waals surface area contributed by atoms with Crippen LogP contribution in [0.4, 0.5) is 4.39 Å². The van der Waals surface area contributed by atoms with E-state index in [2.05, 4.69) is 13.8 Å². The lowest BCUT2D eigenvalue weighted by molar-refractivity contribution is 0.558. The molecular formula is C7H13F. The third-order valence-corrected chi connectivity index (χ3v) is 0.863. The Kier molecular flexibility index (Phi) is 4.62. The van der Waals surface area contributed by atoms with E-state index in [1.165, 1.54) is 0 Å². The second-order valence-electron chi connectivity index (χ2n) is 2.26. The molecule has 0 rings (SSSR count). The molecular weight excluding hydrogens is 103 g/mol. The molecule has 0 amide bonds. The number of alkyl halides is 1. The predicted molar refractivity (Wildman–Crippen MR) is 34.6 cm³/mol. The molecule has 8 heavy (non-hydrogen) atoms. The van der Waals surface area contributed by atoms with E-state index in [0.29, 0.717) is 5.92 Å². The van der Waals surface area contributed by atoms with Crippen molar-refractivity contribution in [1.29, 1.82) is 0 Å². The van der Waals surface area contributed by atoms with Crippen molar-refractivity contribution in [2.24, 2.45) is 5.92 Å². The molecule has 0 aliphatic rings. The normalized spacial score (nSPS) is 11.5. The highest BCUT2D eigenvalue weighted by Crippen LogP contribution is 1.98. The maximum atomic E-state index is 11.4. The van der Waals surface area contributed by atoms with Crippen molar-refractivity contribution in [1.82, 2.24) is 0 Å². The average Bonchev–Trinajstić information content (AvgIpc) is 1.66. The minimum Gasteiger partial charge on any atom is -0.247 e. The molecule has 0 aliphatic carbocycles. The van der Waals surface area contributed by atoms with Crippen LogP contribution in [-0.2, 0) is 0 Å². The van der Waals surface area contributed by atoms with Crippen molar-refractivity contribution in [2.45, 2.75) is 20.3 Å². The zero-order valence-corrected chi connectivity index (χ0v) is 5.52. The molecule has 0 radical (unpaired) electrons. The Labute approximate surface area is 50.4 Å². The SMILES string of the molecule is CC(C)C/C=C\CF. The van der Waals surface area contributed by atoms with E-state index in [4.69, 9.17) is 0 Å². The van der Waals surface area contributed by atoms with Gasteiger partial charge in [-0.3, -0.25) is 0 Å². The van der Waals surface area contributed by atoms with E-state index in [-0.39, 0.29) is 6.67 Å². The first-order chi connectivity index (χ1) is 3.77. The van der Waals surface area contributed by atoms with Gasteiger partial charge >= 0.3 is 0 Å². The van der Waals surface area contributed by atoms with Crippen molar-refractivity contribution >= 4 is 0 Å². The third-order valence-electron chi connectivity index (χ3n) is 0.863. The van der Waals surface area contributed by atoms with E-state index >= 15 is 0 Å². The van der Waals surface area contributed by atoms with Crippen LogP contribution >= 0.6 is 0 Å². The molecule has 0 bridgehead atoms. The molecule has 0 saturated carbocycles. The minimum absolute atomic E-state index is 0.327. The van der Waals surface area contributed by atoms with E-state index in [1.54, 1.807) is 6.08 Å². The standard InChI is InChI=1S/C7H13F/c1-7(2)5-3-4-6-8/h3-4,7H,5-6H2,1-2H3/b4-3-.